The van der Waals surface area contributed by atoms with Gasteiger partial charge in [-0.3, -0.25) is 9.71 Å². The first-order valence-corrected chi connectivity index (χ1v) is 4.58. The molecule has 2 amide bonds. The van der Waals surface area contributed by atoms with Gasteiger partial charge in [0.1, 0.15) is 5.51 Å². The van der Waals surface area contributed by atoms with E-state index in [0.29, 0.717) is 18.1 Å². The average Bonchev–Trinajstić information content (AvgIpc) is 2.57. The average molecular weight is 204 g/mol. The highest BCUT2D eigenvalue weighted by molar-refractivity contribution is 7.13. The lowest BCUT2D eigenvalue weighted by Crippen LogP contribution is -2.29. The van der Waals surface area contributed by atoms with Crippen LogP contribution in [-0.2, 0) is 0 Å². The van der Waals surface area contributed by atoms with Crippen molar-refractivity contribution in [1.29, 1.82) is 0 Å². The van der Waals surface area contributed by atoms with Crippen molar-refractivity contribution in [3.63, 3.8) is 0 Å². The van der Waals surface area contributed by atoms with Crippen LogP contribution in [0.3, 0.4) is 0 Å². The summed E-state index contributed by atoms with van der Waals surface area (Å²) < 4.78 is 11.6. The smallest absolute Gasteiger partial charge is 0.321 e. The predicted octanol–water partition coefficient (Wildman–Crippen LogP) is 1.02. The van der Waals surface area contributed by atoms with E-state index in [0.717, 1.165) is 0 Å². The van der Waals surface area contributed by atoms with Crippen molar-refractivity contribution in [1.82, 2.24) is 15.5 Å². The lowest BCUT2D eigenvalue weighted by molar-refractivity contribution is 0.251. The predicted molar refractivity (Wildman–Crippen MR) is 47.5 cm³/mol. The van der Waals surface area contributed by atoms with Crippen LogP contribution < -0.4 is 10.6 Å². The second kappa shape index (κ2) is 5.41. The van der Waals surface area contributed by atoms with E-state index in [1.807, 2.05) is 0 Å². The first-order valence-electron chi connectivity index (χ1n) is 3.70. The molecule has 72 valence electrons. The summed E-state index contributed by atoms with van der Waals surface area (Å²) in [6.07, 6.45) is 0.323. The minimum absolute atomic E-state index is 0.321. The molecular weight excluding hydrogens is 195 g/mol. The van der Waals surface area contributed by atoms with Crippen molar-refractivity contribution < 1.29 is 9.18 Å². The Bertz CT molecular complexity index is 253. The Morgan fingerprint density at radius 3 is 3.15 bits per heavy atom. The third-order valence-electron chi connectivity index (χ3n) is 1.18. The number of carbonyl (C=O) groups is 1. The van der Waals surface area contributed by atoms with E-state index in [1.54, 1.807) is 0 Å². The van der Waals surface area contributed by atoms with Crippen LogP contribution in [-0.4, -0.2) is 29.4 Å². The number of halogens is 1. The molecule has 0 radical (unpaired) electrons. The molecule has 0 unspecified atom stereocenters. The van der Waals surface area contributed by atoms with Gasteiger partial charge >= 0.3 is 6.03 Å². The largest absolute Gasteiger partial charge is 0.338 e. The molecule has 1 aromatic heterocycles. The fraction of sp³-hybridized carbons (Fsp3) is 0.500. The fourth-order valence-corrected chi connectivity index (χ4v) is 1.08. The maximum Gasteiger partial charge on any atom is 0.321 e. The van der Waals surface area contributed by atoms with E-state index in [1.165, 1.54) is 16.8 Å². The summed E-state index contributed by atoms with van der Waals surface area (Å²) in [5, 5.41) is 12.5. The fourth-order valence-electron chi connectivity index (χ4n) is 0.638. The Morgan fingerprint density at radius 1 is 1.69 bits per heavy atom. The van der Waals surface area contributed by atoms with Crippen LogP contribution in [0.1, 0.15) is 6.42 Å². The van der Waals surface area contributed by atoms with E-state index in [-0.39, 0.29) is 6.03 Å². The van der Waals surface area contributed by atoms with Crippen molar-refractivity contribution in [3.05, 3.63) is 5.51 Å². The number of urea groups is 1. The van der Waals surface area contributed by atoms with E-state index in [9.17, 15) is 9.18 Å². The molecule has 0 aliphatic rings. The van der Waals surface area contributed by atoms with E-state index < -0.39 is 6.67 Å². The van der Waals surface area contributed by atoms with Gasteiger partial charge in [0.15, 0.2) is 0 Å². The maximum absolute atomic E-state index is 11.6. The molecule has 0 aliphatic heterocycles. The first kappa shape index (κ1) is 9.85. The third kappa shape index (κ3) is 3.79. The molecule has 2 N–H and O–H groups in total. The van der Waals surface area contributed by atoms with Gasteiger partial charge in [0.25, 0.3) is 0 Å². The number of nitrogens with zero attached hydrogens (tertiary/aromatic N) is 2. The van der Waals surface area contributed by atoms with E-state index in [2.05, 4.69) is 20.8 Å². The van der Waals surface area contributed by atoms with Crippen LogP contribution in [0.4, 0.5) is 14.3 Å². The Hall–Kier alpha value is -1.24. The van der Waals surface area contributed by atoms with Crippen molar-refractivity contribution in [2.24, 2.45) is 0 Å². The number of nitrogens with one attached hydrogen (secondary N) is 2. The number of hydrogen-bond acceptors (Lipinski definition) is 4. The summed E-state index contributed by atoms with van der Waals surface area (Å²) in [6, 6.07) is -0.384. The topological polar surface area (TPSA) is 66.9 Å². The zero-order chi connectivity index (χ0) is 9.52. The molecule has 1 rings (SSSR count). The van der Waals surface area contributed by atoms with Gasteiger partial charge < -0.3 is 5.32 Å². The minimum atomic E-state index is -0.431. The van der Waals surface area contributed by atoms with Gasteiger partial charge in [-0.05, 0) is 6.42 Å². The van der Waals surface area contributed by atoms with Crippen molar-refractivity contribution in [2.75, 3.05) is 18.5 Å². The monoisotopic (exact) mass is 204 g/mol. The molecule has 0 saturated heterocycles. The zero-order valence-electron chi connectivity index (χ0n) is 6.79. The Kier molecular flexibility index (Phi) is 4.10. The van der Waals surface area contributed by atoms with E-state index >= 15 is 0 Å². The standard InChI is InChI=1S/C6H9FN4OS/c7-2-1-3-8-5(12)10-6-11-9-4-13-6/h4H,1-3H2,(H2,8,10,11,12). The van der Waals surface area contributed by atoms with Gasteiger partial charge in [-0.2, -0.15) is 0 Å². The quantitative estimate of drug-likeness (QED) is 0.719. The first-order chi connectivity index (χ1) is 6.33. The highest BCUT2D eigenvalue weighted by Gasteiger charge is 2.02. The normalized spacial score (nSPS) is 9.62. The van der Waals surface area contributed by atoms with Gasteiger partial charge in [0.2, 0.25) is 5.13 Å². The van der Waals surface area contributed by atoms with Gasteiger partial charge in [0.05, 0.1) is 6.67 Å². The molecule has 0 aromatic carbocycles. The third-order valence-corrected chi connectivity index (χ3v) is 1.78. The molecule has 1 heterocycles. The molecule has 0 atom stereocenters. The van der Waals surface area contributed by atoms with Crippen LogP contribution >= 0.6 is 11.3 Å². The number of rotatable bonds is 4. The number of alkyl halides is 1. The SMILES string of the molecule is O=C(NCCCF)Nc1nncs1. The summed E-state index contributed by atoms with van der Waals surface area (Å²) in [6.45, 7) is -0.111. The molecule has 0 bridgehead atoms. The van der Waals surface area contributed by atoms with E-state index in [4.69, 9.17) is 0 Å². The van der Waals surface area contributed by atoms with Gasteiger partial charge in [0, 0.05) is 6.54 Å². The molecule has 7 heteroatoms. The van der Waals surface area contributed by atoms with Crippen molar-refractivity contribution in [2.45, 2.75) is 6.42 Å². The highest BCUT2D eigenvalue weighted by Crippen LogP contribution is 2.06. The number of aromatic nitrogens is 2. The summed E-state index contributed by atoms with van der Waals surface area (Å²) in [7, 11) is 0. The minimum Gasteiger partial charge on any atom is -0.338 e. The zero-order valence-corrected chi connectivity index (χ0v) is 7.60. The lowest BCUT2D eigenvalue weighted by atomic mass is 10.5. The second-order valence-corrected chi connectivity index (χ2v) is 3.00. The highest BCUT2D eigenvalue weighted by atomic mass is 32.1. The van der Waals surface area contributed by atoms with Crippen LogP contribution in [0.15, 0.2) is 5.51 Å². The molecule has 0 saturated carbocycles. The number of amides is 2. The van der Waals surface area contributed by atoms with Crippen molar-refractivity contribution >= 4 is 22.5 Å². The number of hydrogen-bond donors (Lipinski definition) is 2. The molecular formula is C6H9FN4OS. The molecule has 13 heavy (non-hydrogen) atoms. The Balaban J connectivity index is 2.18. The lowest BCUT2D eigenvalue weighted by Gasteiger charge is -2.02. The molecule has 1 aromatic rings. The summed E-state index contributed by atoms with van der Waals surface area (Å²) >= 11 is 1.22. The second-order valence-electron chi connectivity index (χ2n) is 2.17. The van der Waals surface area contributed by atoms with Crippen LogP contribution in [0, 0.1) is 0 Å². The Labute approximate surface area is 78.4 Å². The number of carbonyl (C=O) groups excluding carboxylic acids is 1. The molecule has 0 fully saturated rings. The summed E-state index contributed by atoms with van der Waals surface area (Å²) in [4.78, 5) is 11.0. The van der Waals surface area contributed by atoms with Gasteiger partial charge in [-0.15, -0.1) is 10.2 Å². The van der Waals surface area contributed by atoms with Crippen molar-refractivity contribution in [3.8, 4) is 0 Å². The van der Waals surface area contributed by atoms with Gasteiger partial charge in [-0.1, -0.05) is 11.3 Å². The maximum atomic E-state index is 11.6. The summed E-state index contributed by atoms with van der Waals surface area (Å²) in [5.41, 5.74) is 1.51. The Morgan fingerprint density at radius 2 is 2.54 bits per heavy atom. The molecule has 0 aliphatic carbocycles. The van der Waals surface area contributed by atoms with Crippen LogP contribution in [0.25, 0.3) is 0 Å². The molecule has 0 spiro atoms. The van der Waals surface area contributed by atoms with Crippen LogP contribution in [0.5, 0.6) is 0 Å². The molecule has 5 nitrogen and oxygen atoms in total. The van der Waals surface area contributed by atoms with Gasteiger partial charge in [-0.25, -0.2) is 4.79 Å². The van der Waals surface area contributed by atoms with Crippen LogP contribution in [0.2, 0.25) is 0 Å². The number of anilines is 1. The summed E-state index contributed by atoms with van der Waals surface area (Å²) in [5.74, 6) is 0.